The van der Waals surface area contributed by atoms with Crippen molar-refractivity contribution in [1.82, 2.24) is 4.90 Å². The molecule has 2 nitrogen and oxygen atoms in total. The molecule has 0 spiro atoms. The summed E-state index contributed by atoms with van der Waals surface area (Å²) < 4.78 is 0. The number of carbonyl (C=O) groups excluding carboxylic acids is 1. The zero-order valence-electron chi connectivity index (χ0n) is 9.67. The Morgan fingerprint density at radius 1 is 1.33 bits per heavy atom. The van der Waals surface area contributed by atoms with Gasteiger partial charge in [0.15, 0.2) is 0 Å². The summed E-state index contributed by atoms with van der Waals surface area (Å²) in [6.45, 7) is 4.12. The van der Waals surface area contributed by atoms with Crippen molar-refractivity contribution in [2.75, 3.05) is 18.4 Å². The lowest BCUT2D eigenvalue weighted by atomic mass is 9.99. The zero-order valence-corrected chi connectivity index (χ0v) is 11.3. The van der Waals surface area contributed by atoms with Crippen LogP contribution in [-0.4, -0.2) is 29.2 Å². The van der Waals surface area contributed by atoms with Crippen LogP contribution >= 0.6 is 15.9 Å². The van der Waals surface area contributed by atoms with E-state index in [1.807, 2.05) is 0 Å². The van der Waals surface area contributed by atoms with Gasteiger partial charge in [0.1, 0.15) is 0 Å². The summed E-state index contributed by atoms with van der Waals surface area (Å²) in [6.07, 6.45) is 6.54. The number of halogens is 1. The summed E-state index contributed by atoms with van der Waals surface area (Å²) in [7, 11) is 0. The molecule has 0 aromatic rings. The minimum atomic E-state index is 0.372. The first kappa shape index (κ1) is 13.0. The van der Waals surface area contributed by atoms with E-state index in [4.69, 9.17) is 0 Å². The standard InChI is InChI=1S/C12H22BrNO/c1-2-3-4-5-12(15)14-8-6-11(10-13)7-9-14/h11H,2-10H2,1H3. The van der Waals surface area contributed by atoms with Crippen molar-refractivity contribution in [2.24, 2.45) is 5.92 Å². The van der Waals surface area contributed by atoms with Crippen molar-refractivity contribution in [1.29, 1.82) is 0 Å². The number of likely N-dealkylation sites (tertiary alicyclic amines) is 1. The van der Waals surface area contributed by atoms with Gasteiger partial charge in [0.25, 0.3) is 0 Å². The summed E-state index contributed by atoms with van der Waals surface area (Å²) in [4.78, 5) is 13.8. The largest absolute Gasteiger partial charge is 0.343 e. The van der Waals surface area contributed by atoms with Crippen LogP contribution in [0.4, 0.5) is 0 Å². The monoisotopic (exact) mass is 275 g/mol. The Labute approximate surface area is 102 Å². The molecular weight excluding hydrogens is 254 g/mol. The quantitative estimate of drug-likeness (QED) is 0.558. The Morgan fingerprint density at radius 2 is 2.00 bits per heavy atom. The number of carbonyl (C=O) groups is 1. The molecule has 88 valence electrons. The molecule has 0 radical (unpaired) electrons. The smallest absolute Gasteiger partial charge is 0.222 e. The SMILES string of the molecule is CCCCCC(=O)N1CCC(CBr)CC1. The highest BCUT2D eigenvalue weighted by Crippen LogP contribution is 2.19. The average Bonchev–Trinajstić information content (AvgIpc) is 2.29. The van der Waals surface area contributed by atoms with Crippen LogP contribution < -0.4 is 0 Å². The Balaban J connectivity index is 2.18. The van der Waals surface area contributed by atoms with E-state index < -0.39 is 0 Å². The van der Waals surface area contributed by atoms with Gasteiger partial charge in [-0.3, -0.25) is 4.79 Å². The highest BCUT2D eigenvalue weighted by molar-refractivity contribution is 9.09. The molecule has 3 heteroatoms. The van der Waals surface area contributed by atoms with Gasteiger partial charge in [-0.1, -0.05) is 35.7 Å². The minimum absolute atomic E-state index is 0.372. The molecule has 0 N–H and O–H groups in total. The van der Waals surface area contributed by atoms with Gasteiger partial charge in [0.05, 0.1) is 0 Å². The van der Waals surface area contributed by atoms with Crippen molar-refractivity contribution in [3.63, 3.8) is 0 Å². The summed E-state index contributed by atoms with van der Waals surface area (Å²) in [5.74, 6) is 1.15. The van der Waals surface area contributed by atoms with E-state index in [2.05, 4.69) is 27.8 Å². The van der Waals surface area contributed by atoms with E-state index in [1.165, 1.54) is 25.7 Å². The first-order valence-electron chi connectivity index (χ1n) is 6.11. The first-order valence-corrected chi connectivity index (χ1v) is 7.23. The number of rotatable bonds is 5. The fourth-order valence-electron chi connectivity index (χ4n) is 2.02. The lowest BCUT2D eigenvalue weighted by Crippen LogP contribution is -2.38. The Kier molecular flexibility index (Phi) is 6.30. The van der Waals surface area contributed by atoms with Crippen LogP contribution in [0.2, 0.25) is 0 Å². The molecule has 1 aliphatic rings. The third kappa shape index (κ3) is 4.54. The number of piperidine rings is 1. The third-order valence-electron chi connectivity index (χ3n) is 3.18. The van der Waals surface area contributed by atoms with E-state index in [1.54, 1.807) is 0 Å². The van der Waals surface area contributed by atoms with Gasteiger partial charge in [-0.15, -0.1) is 0 Å². The van der Waals surface area contributed by atoms with Gasteiger partial charge in [-0.2, -0.15) is 0 Å². The van der Waals surface area contributed by atoms with Gasteiger partial charge in [0, 0.05) is 24.8 Å². The Morgan fingerprint density at radius 3 is 2.53 bits per heavy atom. The first-order chi connectivity index (χ1) is 7.27. The summed E-state index contributed by atoms with van der Waals surface area (Å²) in [5, 5.41) is 1.09. The van der Waals surface area contributed by atoms with Crippen molar-refractivity contribution in [3.8, 4) is 0 Å². The molecule has 15 heavy (non-hydrogen) atoms. The number of alkyl halides is 1. The van der Waals surface area contributed by atoms with Crippen molar-refractivity contribution < 1.29 is 4.79 Å². The number of amides is 1. The van der Waals surface area contributed by atoms with Crippen LogP contribution in [0, 0.1) is 5.92 Å². The fourth-order valence-corrected chi connectivity index (χ4v) is 2.67. The predicted octanol–water partition coefficient (Wildman–Crippen LogP) is 3.20. The molecule has 1 aliphatic heterocycles. The second kappa shape index (κ2) is 7.26. The Hall–Kier alpha value is -0.0500. The van der Waals surface area contributed by atoms with Crippen LogP contribution in [-0.2, 0) is 4.79 Å². The van der Waals surface area contributed by atoms with E-state index in [0.29, 0.717) is 5.91 Å². The van der Waals surface area contributed by atoms with Crippen LogP contribution in [0.1, 0.15) is 45.4 Å². The summed E-state index contributed by atoms with van der Waals surface area (Å²) in [6, 6.07) is 0. The van der Waals surface area contributed by atoms with Crippen molar-refractivity contribution in [3.05, 3.63) is 0 Å². The van der Waals surface area contributed by atoms with Crippen LogP contribution in [0.25, 0.3) is 0 Å². The fraction of sp³-hybridized carbons (Fsp3) is 0.917. The van der Waals surface area contributed by atoms with E-state index >= 15 is 0 Å². The molecule has 0 aromatic heterocycles. The van der Waals surface area contributed by atoms with Gasteiger partial charge in [-0.25, -0.2) is 0 Å². The van der Waals surface area contributed by atoms with Gasteiger partial charge in [-0.05, 0) is 25.2 Å². The lowest BCUT2D eigenvalue weighted by molar-refractivity contribution is -0.132. The molecule has 0 atom stereocenters. The molecule has 1 fully saturated rings. The highest BCUT2D eigenvalue weighted by atomic mass is 79.9. The molecule has 1 heterocycles. The molecule has 1 amide bonds. The lowest BCUT2D eigenvalue weighted by Gasteiger charge is -2.31. The van der Waals surface area contributed by atoms with Crippen LogP contribution in [0.5, 0.6) is 0 Å². The van der Waals surface area contributed by atoms with E-state index in [9.17, 15) is 4.79 Å². The maximum absolute atomic E-state index is 11.8. The second-order valence-electron chi connectivity index (χ2n) is 4.44. The normalized spacial score (nSPS) is 18.1. The molecule has 1 saturated heterocycles. The second-order valence-corrected chi connectivity index (χ2v) is 5.08. The number of nitrogens with zero attached hydrogens (tertiary/aromatic N) is 1. The van der Waals surface area contributed by atoms with E-state index in [0.717, 1.165) is 37.2 Å². The Bertz CT molecular complexity index is 188. The number of unbranched alkanes of at least 4 members (excludes halogenated alkanes) is 2. The summed E-state index contributed by atoms with van der Waals surface area (Å²) >= 11 is 3.52. The summed E-state index contributed by atoms with van der Waals surface area (Å²) in [5.41, 5.74) is 0. The number of hydrogen-bond acceptors (Lipinski definition) is 1. The van der Waals surface area contributed by atoms with Crippen molar-refractivity contribution in [2.45, 2.75) is 45.4 Å². The predicted molar refractivity (Wildman–Crippen MR) is 67.2 cm³/mol. The molecular formula is C12H22BrNO. The molecule has 0 saturated carbocycles. The number of hydrogen-bond donors (Lipinski definition) is 0. The average molecular weight is 276 g/mol. The molecule has 0 bridgehead atoms. The van der Waals surface area contributed by atoms with E-state index in [-0.39, 0.29) is 0 Å². The zero-order chi connectivity index (χ0) is 11.1. The molecule has 0 unspecified atom stereocenters. The van der Waals surface area contributed by atoms with Gasteiger partial charge >= 0.3 is 0 Å². The highest BCUT2D eigenvalue weighted by Gasteiger charge is 2.21. The molecule has 1 rings (SSSR count). The van der Waals surface area contributed by atoms with Crippen LogP contribution in [0.3, 0.4) is 0 Å². The topological polar surface area (TPSA) is 20.3 Å². The van der Waals surface area contributed by atoms with Crippen LogP contribution in [0.15, 0.2) is 0 Å². The third-order valence-corrected chi connectivity index (χ3v) is 4.10. The van der Waals surface area contributed by atoms with Gasteiger partial charge < -0.3 is 4.90 Å². The molecule has 0 aliphatic carbocycles. The maximum Gasteiger partial charge on any atom is 0.222 e. The van der Waals surface area contributed by atoms with Gasteiger partial charge in [0.2, 0.25) is 5.91 Å². The van der Waals surface area contributed by atoms with Crippen molar-refractivity contribution >= 4 is 21.8 Å². The minimum Gasteiger partial charge on any atom is -0.343 e. The molecule has 0 aromatic carbocycles. The maximum atomic E-state index is 11.8.